The number of methoxy groups -OCH3 is 1. The number of nitrogens with zero attached hydrogens (tertiary/aromatic N) is 1. The van der Waals surface area contributed by atoms with E-state index >= 15 is 0 Å². The van der Waals surface area contributed by atoms with Gasteiger partial charge >= 0.3 is 0 Å². The number of phenols is 1. The summed E-state index contributed by atoms with van der Waals surface area (Å²) in [6, 6.07) is 8.81. The molecular weight excluding hydrogens is 421 g/mol. The van der Waals surface area contributed by atoms with Crippen LogP contribution in [-0.4, -0.2) is 24.0 Å². The Kier molecular flexibility index (Phi) is 5.13. The molecule has 0 saturated carbocycles. The number of carbonyl (C=O) groups excluding carboxylic acids is 2. The standard InChI is InChI=1S/C24H21ClFNO4/c1-4-13-8-10-16-22(29)27(14-9-11-18(26)17(25)12-14)23(30)24(16,2)20(13)15-6-5-7-19(31-3)21(15)28/h4-9,11-12,16,20,28H,1,10H2,2-3H3/t16-,20+,24+/m0/s1. The number of fused-ring (bicyclic) bond motifs is 1. The van der Waals surface area contributed by atoms with Gasteiger partial charge in [0.25, 0.3) is 0 Å². The van der Waals surface area contributed by atoms with E-state index in [2.05, 4.69) is 6.58 Å². The van der Waals surface area contributed by atoms with E-state index in [0.29, 0.717) is 12.0 Å². The van der Waals surface area contributed by atoms with Crippen LogP contribution >= 0.6 is 11.6 Å². The number of amides is 2. The third kappa shape index (κ3) is 2.97. The van der Waals surface area contributed by atoms with Gasteiger partial charge in [-0.25, -0.2) is 9.29 Å². The van der Waals surface area contributed by atoms with E-state index in [4.69, 9.17) is 16.3 Å². The Morgan fingerprint density at radius 1 is 1.32 bits per heavy atom. The smallest absolute Gasteiger partial charge is 0.241 e. The van der Waals surface area contributed by atoms with E-state index in [1.54, 1.807) is 31.2 Å². The zero-order chi connectivity index (χ0) is 22.5. The van der Waals surface area contributed by atoms with Crippen LogP contribution in [0.4, 0.5) is 10.1 Å². The maximum Gasteiger partial charge on any atom is 0.241 e. The number of allylic oxidation sites excluding steroid dienone is 3. The predicted octanol–water partition coefficient (Wildman–Crippen LogP) is 4.99. The molecule has 1 saturated heterocycles. The minimum Gasteiger partial charge on any atom is -0.504 e. The summed E-state index contributed by atoms with van der Waals surface area (Å²) in [6.45, 7) is 5.60. The molecule has 2 aromatic rings. The van der Waals surface area contributed by atoms with Gasteiger partial charge in [-0.3, -0.25) is 9.59 Å². The van der Waals surface area contributed by atoms with Gasteiger partial charge in [0.15, 0.2) is 11.5 Å². The van der Waals surface area contributed by atoms with Crippen molar-refractivity contribution in [2.45, 2.75) is 19.3 Å². The Morgan fingerprint density at radius 2 is 2.06 bits per heavy atom. The maximum atomic E-state index is 13.8. The molecule has 1 aliphatic heterocycles. The number of halogens is 2. The molecule has 1 N–H and O–H groups in total. The van der Waals surface area contributed by atoms with Crippen LogP contribution in [0.3, 0.4) is 0 Å². The lowest BCUT2D eigenvalue weighted by molar-refractivity contribution is -0.127. The number of rotatable bonds is 4. The summed E-state index contributed by atoms with van der Waals surface area (Å²) >= 11 is 5.90. The molecule has 0 bridgehead atoms. The van der Waals surface area contributed by atoms with Crippen molar-refractivity contribution in [3.63, 3.8) is 0 Å². The van der Waals surface area contributed by atoms with Gasteiger partial charge < -0.3 is 9.84 Å². The van der Waals surface area contributed by atoms with Crippen LogP contribution in [0.25, 0.3) is 0 Å². The molecular formula is C24H21ClFNO4. The van der Waals surface area contributed by atoms with Gasteiger partial charge in [-0.1, -0.05) is 42.5 Å². The first kappa shape index (κ1) is 21.1. The molecule has 0 radical (unpaired) electrons. The summed E-state index contributed by atoms with van der Waals surface area (Å²) in [6.07, 6.45) is 3.85. The molecule has 1 fully saturated rings. The van der Waals surface area contributed by atoms with E-state index in [-0.39, 0.29) is 28.1 Å². The highest BCUT2D eigenvalue weighted by atomic mass is 35.5. The first-order valence-corrected chi connectivity index (χ1v) is 10.1. The van der Waals surface area contributed by atoms with Gasteiger partial charge in [0.05, 0.1) is 29.2 Å². The molecule has 5 nitrogen and oxygen atoms in total. The number of ether oxygens (including phenoxy) is 1. The number of aromatic hydroxyl groups is 1. The second-order valence-electron chi connectivity index (χ2n) is 7.89. The molecule has 0 unspecified atom stereocenters. The van der Waals surface area contributed by atoms with E-state index < -0.39 is 29.0 Å². The van der Waals surface area contributed by atoms with Gasteiger partial charge in [0, 0.05) is 11.5 Å². The normalized spacial score (nSPS) is 25.3. The SMILES string of the molecule is C=CC1=CC[C@H]2C(=O)N(c3ccc(F)c(Cl)c3)C(=O)[C@@]2(C)[C@H]1c1cccc(OC)c1O. The Labute approximate surface area is 184 Å². The van der Waals surface area contributed by atoms with Crippen molar-refractivity contribution in [2.24, 2.45) is 11.3 Å². The number of hydrogen-bond donors (Lipinski definition) is 1. The summed E-state index contributed by atoms with van der Waals surface area (Å²) in [4.78, 5) is 28.2. The first-order chi connectivity index (χ1) is 14.7. The third-order valence-corrected chi connectivity index (χ3v) is 6.68. The number of benzene rings is 2. The molecule has 7 heteroatoms. The lowest BCUT2D eigenvalue weighted by Gasteiger charge is -2.40. The monoisotopic (exact) mass is 441 g/mol. The fourth-order valence-corrected chi connectivity index (χ4v) is 4.97. The predicted molar refractivity (Wildman–Crippen MR) is 116 cm³/mol. The van der Waals surface area contributed by atoms with Crippen LogP contribution in [-0.2, 0) is 9.59 Å². The molecule has 0 spiro atoms. The summed E-state index contributed by atoms with van der Waals surface area (Å²) in [7, 11) is 1.44. The summed E-state index contributed by atoms with van der Waals surface area (Å²) < 4.78 is 18.9. The fraction of sp³-hybridized carbons (Fsp3) is 0.250. The van der Waals surface area contributed by atoms with Gasteiger partial charge in [-0.05, 0) is 43.2 Å². The van der Waals surface area contributed by atoms with Gasteiger partial charge in [-0.2, -0.15) is 0 Å². The van der Waals surface area contributed by atoms with Crippen LogP contribution in [0.5, 0.6) is 11.5 Å². The van der Waals surface area contributed by atoms with E-state index in [1.165, 1.54) is 19.2 Å². The van der Waals surface area contributed by atoms with Gasteiger partial charge in [0.1, 0.15) is 5.82 Å². The van der Waals surface area contributed by atoms with Gasteiger partial charge in [0.2, 0.25) is 11.8 Å². The zero-order valence-electron chi connectivity index (χ0n) is 17.1. The average molecular weight is 442 g/mol. The zero-order valence-corrected chi connectivity index (χ0v) is 17.8. The Balaban J connectivity index is 1.89. The second-order valence-corrected chi connectivity index (χ2v) is 8.29. The Hall–Kier alpha value is -3.12. The first-order valence-electron chi connectivity index (χ1n) is 9.77. The largest absolute Gasteiger partial charge is 0.504 e. The summed E-state index contributed by atoms with van der Waals surface area (Å²) in [5, 5.41) is 10.7. The molecule has 160 valence electrons. The van der Waals surface area contributed by atoms with Crippen LogP contribution in [0.2, 0.25) is 5.02 Å². The molecule has 0 aromatic heterocycles. The molecule has 4 rings (SSSR count). The van der Waals surface area contributed by atoms with Crippen LogP contribution in [0, 0.1) is 17.2 Å². The quantitative estimate of drug-likeness (QED) is 0.679. The molecule has 2 aliphatic rings. The van der Waals surface area contributed by atoms with Crippen molar-refractivity contribution in [3.8, 4) is 11.5 Å². The van der Waals surface area contributed by atoms with Crippen LogP contribution in [0.1, 0.15) is 24.8 Å². The van der Waals surface area contributed by atoms with E-state index in [9.17, 15) is 19.1 Å². The molecule has 31 heavy (non-hydrogen) atoms. The maximum absolute atomic E-state index is 13.8. The summed E-state index contributed by atoms with van der Waals surface area (Å²) in [5.74, 6) is -2.58. The number of carbonyl (C=O) groups is 2. The number of imide groups is 1. The van der Waals surface area contributed by atoms with Crippen LogP contribution < -0.4 is 9.64 Å². The minimum atomic E-state index is -1.19. The van der Waals surface area contributed by atoms with Crippen molar-refractivity contribution in [2.75, 3.05) is 12.0 Å². The highest BCUT2D eigenvalue weighted by Crippen LogP contribution is 2.58. The number of phenolic OH excluding ortho intramolecular Hbond substituents is 1. The Bertz CT molecular complexity index is 1140. The van der Waals surface area contributed by atoms with Crippen molar-refractivity contribution in [1.29, 1.82) is 0 Å². The van der Waals surface area contributed by atoms with E-state index in [1.807, 2.05) is 6.08 Å². The van der Waals surface area contributed by atoms with Crippen molar-refractivity contribution >= 4 is 29.1 Å². The fourth-order valence-electron chi connectivity index (χ4n) is 4.80. The molecule has 2 aromatic carbocycles. The molecule has 3 atom stereocenters. The highest BCUT2D eigenvalue weighted by molar-refractivity contribution is 6.31. The number of hydrogen-bond acceptors (Lipinski definition) is 4. The third-order valence-electron chi connectivity index (χ3n) is 6.39. The topological polar surface area (TPSA) is 66.8 Å². The second kappa shape index (κ2) is 7.54. The molecule has 1 aliphatic carbocycles. The number of anilines is 1. The minimum absolute atomic E-state index is 0.0897. The highest BCUT2D eigenvalue weighted by Gasteiger charge is 2.62. The molecule has 2 amide bonds. The van der Waals surface area contributed by atoms with Crippen molar-refractivity contribution in [3.05, 3.63) is 77.1 Å². The number of para-hydroxylation sites is 1. The van der Waals surface area contributed by atoms with Crippen molar-refractivity contribution in [1.82, 2.24) is 0 Å². The lowest BCUT2D eigenvalue weighted by atomic mass is 9.60. The lowest BCUT2D eigenvalue weighted by Crippen LogP contribution is -2.41. The van der Waals surface area contributed by atoms with Crippen molar-refractivity contribution < 1.29 is 23.8 Å². The van der Waals surface area contributed by atoms with Gasteiger partial charge in [-0.15, -0.1) is 0 Å². The Morgan fingerprint density at radius 3 is 2.71 bits per heavy atom. The summed E-state index contributed by atoms with van der Waals surface area (Å²) in [5.41, 5.74) is 0.228. The molecule has 1 heterocycles. The average Bonchev–Trinajstić information content (AvgIpc) is 2.95. The van der Waals surface area contributed by atoms with E-state index in [0.717, 1.165) is 16.5 Å². The van der Waals surface area contributed by atoms with Crippen LogP contribution in [0.15, 0.2) is 60.7 Å².